The zero-order chi connectivity index (χ0) is 52.9. The summed E-state index contributed by atoms with van der Waals surface area (Å²) < 4.78 is 11.2. The number of ether oxygens (including phenoxy) is 2. The summed E-state index contributed by atoms with van der Waals surface area (Å²) in [6.45, 7) is 3.72. The van der Waals surface area contributed by atoms with Crippen molar-refractivity contribution in [2.45, 2.75) is 352 Å². The minimum atomic E-state index is -1.57. The van der Waals surface area contributed by atoms with Crippen molar-refractivity contribution in [3.63, 3.8) is 0 Å². The highest BCUT2D eigenvalue weighted by Gasteiger charge is 2.44. The number of aliphatic hydroxyl groups excluding tert-OH is 5. The van der Waals surface area contributed by atoms with Crippen LogP contribution in [0.25, 0.3) is 0 Å². The Hall–Kier alpha value is -1.59. The second-order valence-corrected chi connectivity index (χ2v) is 22.2. The summed E-state index contributed by atoms with van der Waals surface area (Å²) in [4.78, 5) is 13.0. The molecule has 9 heteroatoms. The van der Waals surface area contributed by atoms with Crippen LogP contribution in [0.15, 0.2) is 36.5 Å². The predicted octanol–water partition coefficient (Wildman–Crippen LogP) is 16.3. The molecule has 1 heterocycles. The van der Waals surface area contributed by atoms with E-state index >= 15 is 0 Å². The Bertz CT molecular complexity index is 1240. The number of hydrogen-bond donors (Lipinski definition) is 6. The zero-order valence-electron chi connectivity index (χ0n) is 47.9. The summed E-state index contributed by atoms with van der Waals surface area (Å²) in [5, 5.41) is 54.2. The minimum absolute atomic E-state index is 0.185. The predicted molar refractivity (Wildman–Crippen MR) is 309 cm³/mol. The van der Waals surface area contributed by atoms with E-state index in [1.807, 2.05) is 6.08 Å². The van der Waals surface area contributed by atoms with Gasteiger partial charge in [-0.25, -0.2) is 0 Å². The van der Waals surface area contributed by atoms with E-state index in [-0.39, 0.29) is 12.5 Å². The van der Waals surface area contributed by atoms with Crippen LogP contribution in [0.5, 0.6) is 0 Å². The Morgan fingerprint density at radius 1 is 0.452 bits per heavy atom. The van der Waals surface area contributed by atoms with Gasteiger partial charge in [0.1, 0.15) is 24.4 Å². The first-order chi connectivity index (χ1) is 35.8. The smallest absolute Gasteiger partial charge is 0.220 e. The number of aliphatic hydroxyl groups is 5. The molecule has 0 aromatic heterocycles. The van der Waals surface area contributed by atoms with Crippen LogP contribution in [0.1, 0.15) is 309 Å². The molecule has 6 N–H and O–H groups in total. The Balaban J connectivity index is 1.96. The molecule has 0 aromatic rings. The van der Waals surface area contributed by atoms with E-state index in [0.717, 1.165) is 38.5 Å². The molecule has 1 fully saturated rings. The molecule has 0 aliphatic carbocycles. The van der Waals surface area contributed by atoms with Crippen LogP contribution in [-0.4, -0.2) is 87.5 Å². The molecule has 1 saturated heterocycles. The summed E-state index contributed by atoms with van der Waals surface area (Å²) in [5.41, 5.74) is 0. The molecule has 430 valence electrons. The average Bonchev–Trinajstić information content (AvgIpc) is 3.39. The van der Waals surface area contributed by atoms with Crippen molar-refractivity contribution in [3.8, 4) is 0 Å². The van der Waals surface area contributed by atoms with Gasteiger partial charge in [0.25, 0.3) is 0 Å². The first-order valence-corrected chi connectivity index (χ1v) is 31.7. The van der Waals surface area contributed by atoms with E-state index in [1.165, 1.54) is 250 Å². The second-order valence-electron chi connectivity index (χ2n) is 22.2. The van der Waals surface area contributed by atoms with Crippen LogP contribution in [-0.2, 0) is 14.3 Å². The first kappa shape index (κ1) is 69.4. The normalized spacial score (nSPS) is 19.2. The van der Waals surface area contributed by atoms with E-state index in [9.17, 15) is 30.3 Å². The highest BCUT2D eigenvalue weighted by Crippen LogP contribution is 2.23. The molecule has 0 saturated carbocycles. The molecule has 73 heavy (non-hydrogen) atoms. The number of unbranched alkanes of at least 4 members (excludes halogenated alkanes) is 41. The number of carbonyl (C=O) groups excluding carboxylic acids is 1. The molecule has 1 aliphatic rings. The lowest BCUT2D eigenvalue weighted by Crippen LogP contribution is -2.60. The molecule has 1 amide bonds. The Labute approximate surface area is 451 Å². The second kappa shape index (κ2) is 53.8. The van der Waals surface area contributed by atoms with Crippen molar-refractivity contribution in [2.75, 3.05) is 13.2 Å². The number of allylic oxidation sites excluding steroid dienone is 5. The van der Waals surface area contributed by atoms with Gasteiger partial charge in [0.2, 0.25) is 5.91 Å². The van der Waals surface area contributed by atoms with Crippen LogP contribution < -0.4 is 5.32 Å². The third kappa shape index (κ3) is 43.1. The molecule has 0 radical (unpaired) electrons. The van der Waals surface area contributed by atoms with Crippen LogP contribution in [0.3, 0.4) is 0 Å². The number of hydrogen-bond acceptors (Lipinski definition) is 8. The third-order valence-electron chi connectivity index (χ3n) is 15.2. The average molecular weight is 1030 g/mol. The summed E-state index contributed by atoms with van der Waals surface area (Å²) in [6, 6.07) is -0.817. The van der Waals surface area contributed by atoms with Gasteiger partial charge in [0.15, 0.2) is 6.29 Å². The van der Waals surface area contributed by atoms with Crippen molar-refractivity contribution in [1.82, 2.24) is 5.32 Å². The maximum atomic E-state index is 13.0. The maximum Gasteiger partial charge on any atom is 0.220 e. The first-order valence-electron chi connectivity index (χ1n) is 31.7. The molecule has 0 spiro atoms. The topological polar surface area (TPSA) is 149 Å². The van der Waals surface area contributed by atoms with E-state index in [4.69, 9.17) is 9.47 Å². The lowest BCUT2D eigenvalue weighted by Gasteiger charge is -2.40. The third-order valence-corrected chi connectivity index (χ3v) is 15.2. The van der Waals surface area contributed by atoms with Gasteiger partial charge >= 0.3 is 0 Å². The van der Waals surface area contributed by atoms with Gasteiger partial charge in [-0.3, -0.25) is 4.79 Å². The van der Waals surface area contributed by atoms with Crippen LogP contribution in [0.4, 0.5) is 0 Å². The molecule has 7 atom stereocenters. The fourth-order valence-corrected chi connectivity index (χ4v) is 10.2. The number of amides is 1. The van der Waals surface area contributed by atoms with Gasteiger partial charge in [-0.1, -0.05) is 281 Å². The number of rotatable bonds is 55. The van der Waals surface area contributed by atoms with Crippen molar-refractivity contribution >= 4 is 5.91 Å². The molecule has 1 rings (SSSR count). The fourth-order valence-electron chi connectivity index (χ4n) is 10.2. The van der Waals surface area contributed by atoms with Gasteiger partial charge in [-0.15, -0.1) is 0 Å². The Morgan fingerprint density at radius 3 is 1.18 bits per heavy atom. The summed E-state index contributed by atoms with van der Waals surface area (Å²) in [5.74, 6) is -0.185. The van der Waals surface area contributed by atoms with E-state index in [0.29, 0.717) is 6.42 Å². The minimum Gasteiger partial charge on any atom is -0.394 e. The van der Waals surface area contributed by atoms with E-state index in [2.05, 4.69) is 43.5 Å². The van der Waals surface area contributed by atoms with Gasteiger partial charge in [-0.05, 0) is 57.8 Å². The molecule has 0 bridgehead atoms. The molecule has 9 nitrogen and oxygen atoms in total. The fraction of sp³-hybridized carbons (Fsp3) is 0.891. The van der Waals surface area contributed by atoms with E-state index < -0.39 is 49.5 Å². The van der Waals surface area contributed by atoms with E-state index in [1.54, 1.807) is 6.08 Å². The zero-order valence-corrected chi connectivity index (χ0v) is 47.9. The van der Waals surface area contributed by atoms with Crippen LogP contribution in [0, 0.1) is 0 Å². The SMILES string of the molecule is CCCCC/C=C/CC/C=C/C(O)C(COC1OC(CO)C(O)C(O)C1O)NC(=O)CCCCCCCCCCCCCCCCCCCCCCCCCCCCCCC/C=C\CCCCCCCCCC. The standard InChI is InChI=1S/C64H121NO8/c1-3-5-7-9-11-13-14-15-16-17-18-19-20-21-22-23-24-25-26-27-28-29-30-31-32-33-34-35-36-37-38-39-40-41-42-43-44-46-48-50-52-54-60(68)65-57(58(67)53-51-49-47-45-12-10-8-6-4-2)56-72-64-63(71)62(70)61(69)59(55-66)73-64/h12,17-18,45,51,53,57-59,61-64,66-67,69-71H,3-11,13-16,19-44,46-50,52,54-56H2,1-2H3,(H,65,68)/b18-17-,45-12+,53-51+. The highest BCUT2D eigenvalue weighted by molar-refractivity contribution is 5.76. The van der Waals surface area contributed by atoms with Gasteiger partial charge in [0.05, 0.1) is 25.4 Å². The monoisotopic (exact) mass is 1030 g/mol. The number of nitrogens with one attached hydrogen (secondary N) is 1. The van der Waals surface area contributed by atoms with Crippen molar-refractivity contribution in [2.24, 2.45) is 0 Å². The summed E-state index contributed by atoms with van der Waals surface area (Å²) in [6.07, 6.45) is 64.4. The Kier molecular flexibility index (Phi) is 51.2. The molecular weight excluding hydrogens is 911 g/mol. The van der Waals surface area contributed by atoms with Crippen molar-refractivity contribution < 1.29 is 39.8 Å². The van der Waals surface area contributed by atoms with Crippen LogP contribution in [0.2, 0.25) is 0 Å². The van der Waals surface area contributed by atoms with Gasteiger partial charge < -0.3 is 40.3 Å². The molecular formula is C64H121NO8. The van der Waals surface area contributed by atoms with Crippen LogP contribution >= 0.6 is 0 Å². The highest BCUT2D eigenvalue weighted by atomic mass is 16.7. The maximum absolute atomic E-state index is 13.0. The molecule has 7 unspecified atom stereocenters. The number of carbonyl (C=O) groups is 1. The molecule has 0 aromatic carbocycles. The Morgan fingerprint density at radius 2 is 0.781 bits per heavy atom. The van der Waals surface area contributed by atoms with Crippen molar-refractivity contribution in [1.29, 1.82) is 0 Å². The van der Waals surface area contributed by atoms with Gasteiger partial charge in [-0.2, -0.15) is 0 Å². The summed E-state index contributed by atoms with van der Waals surface area (Å²) >= 11 is 0. The van der Waals surface area contributed by atoms with Gasteiger partial charge in [0, 0.05) is 6.42 Å². The van der Waals surface area contributed by atoms with Crippen molar-refractivity contribution in [3.05, 3.63) is 36.5 Å². The molecule has 1 aliphatic heterocycles. The lowest BCUT2D eigenvalue weighted by atomic mass is 9.99. The summed E-state index contributed by atoms with van der Waals surface area (Å²) in [7, 11) is 0. The largest absolute Gasteiger partial charge is 0.394 e. The quantitative estimate of drug-likeness (QED) is 0.0261. The lowest BCUT2D eigenvalue weighted by molar-refractivity contribution is -0.302.